The van der Waals surface area contributed by atoms with Crippen LogP contribution < -0.4 is 4.90 Å². The zero-order valence-corrected chi connectivity index (χ0v) is 23.1. The zero-order valence-electron chi connectivity index (χ0n) is 22.3. The molecule has 1 heterocycles. The van der Waals surface area contributed by atoms with Crippen molar-refractivity contribution >= 4 is 28.7 Å². The van der Waals surface area contributed by atoms with Gasteiger partial charge in [0.15, 0.2) is 10.8 Å². The van der Waals surface area contributed by atoms with E-state index in [2.05, 4.69) is 35.9 Å². The van der Waals surface area contributed by atoms with Gasteiger partial charge in [-0.15, -0.1) is 17.3 Å². The van der Waals surface area contributed by atoms with Crippen molar-refractivity contribution < 1.29 is 14.7 Å². The number of allylic oxidation sites excluding steroid dienone is 4. The number of thiazole rings is 1. The van der Waals surface area contributed by atoms with E-state index in [1.807, 2.05) is 30.5 Å². The van der Waals surface area contributed by atoms with Crippen molar-refractivity contribution in [2.45, 2.75) is 70.3 Å². The Kier molecular flexibility index (Phi) is 6.20. The van der Waals surface area contributed by atoms with E-state index in [1.54, 1.807) is 18.1 Å². The van der Waals surface area contributed by atoms with Gasteiger partial charge in [-0.2, -0.15) is 0 Å². The monoisotopic (exact) mass is 526 g/mol. The summed E-state index contributed by atoms with van der Waals surface area (Å²) in [6.45, 7) is 4.08. The Morgan fingerprint density at radius 3 is 2.68 bits per heavy atom. The molecule has 5 nitrogen and oxygen atoms in total. The summed E-state index contributed by atoms with van der Waals surface area (Å²) in [4.78, 5) is 30.9. The van der Waals surface area contributed by atoms with E-state index in [0.717, 1.165) is 37.8 Å². The van der Waals surface area contributed by atoms with Crippen LogP contribution in [0.4, 0.5) is 5.69 Å². The molecule has 1 aromatic carbocycles. The summed E-state index contributed by atoms with van der Waals surface area (Å²) in [7, 11) is 1.78. The van der Waals surface area contributed by atoms with Crippen molar-refractivity contribution in [3.8, 4) is 11.8 Å². The van der Waals surface area contributed by atoms with Crippen LogP contribution >= 0.6 is 11.3 Å². The number of amides is 1. The number of aromatic nitrogens is 1. The van der Waals surface area contributed by atoms with Gasteiger partial charge in [0, 0.05) is 42.1 Å². The summed E-state index contributed by atoms with van der Waals surface area (Å²) in [5, 5.41) is 14.1. The van der Waals surface area contributed by atoms with Crippen LogP contribution in [0.2, 0.25) is 0 Å². The number of benzene rings is 1. The number of carbonyl (C=O) groups is 2. The van der Waals surface area contributed by atoms with E-state index in [0.29, 0.717) is 29.7 Å². The molecule has 6 rings (SSSR count). The Morgan fingerprint density at radius 1 is 1.18 bits per heavy atom. The first-order valence-corrected chi connectivity index (χ1v) is 14.5. The molecule has 0 aliphatic heterocycles. The lowest BCUT2D eigenvalue weighted by molar-refractivity contribution is -0.114. The van der Waals surface area contributed by atoms with E-state index in [4.69, 9.17) is 0 Å². The third-order valence-electron chi connectivity index (χ3n) is 9.82. The molecule has 2 aromatic rings. The number of hydrogen-bond acceptors (Lipinski definition) is 5. The molecule has 0 radical (unpaired) electrons. The van der Waals surface area contributed by atoms with Crippen LogP contribution in [-0.2, 0) is 4.79 Å². The summed E-state index contributed by atoms with van der Waals surface area (Å²) < 4.78 is 0. The average molecular weight is 527 g/mol. The summed E-state index contributed by atoms with van der Waals surface area (Å²) in [5.41, 5.74) is 4.85. The predicted octanol–water partition coefficient (Wildman–Crippen LogP) is 6.07. The molecule has 4 aliphatic rings. The molecule has 2 saturated carbocycles. The maximum Gasteiger partial charge on any atom is 0.286 e. The topological polar surface area (TPSA) is 70.5 Å². The number of rotatable bonds is 3. The number of fused-ring (bicyclic) bond motifs is 4. The lowest BCUT2D eigenvalue weighted by Crippen LogP contribution is -2.51. The van der Waals surface area contributed by atoms with Crippen molar-refractivity contribution in [2.75, 3.05) is 11.9 Å². The molecule has 1 aromatic heterocycles. The van der Waals surface area contributed by atoms with Gasteiger partial charge in [0.1, 0.15) is 5.60 Å². The molecule has 1 amide bonds. The molecule has 5 atom stereocenters. The van der Waals surface area contributed by atoms with Crippen LogP contribution in [0.5, 0.6) is 0 Å². The number of aliphatic hydroxyl groups is 1. The Labute approximate surface area is 228 Å². The van der Waals surface area contributed by atoms with Gasteiger partial charge in [0.25, 0.3) is 5.91 Å². The van der Waals surface area contributed by atoms with Crippen LogP contribution in [0.1, 0.15) is 80.1 Å². The van der Waals surface area contributed by atoms with Crippen LogP contribution in [0.25, 0.3) is 0 Å². The van der Waals surface area contributed by atoms with Gasteiger partial charge in [-0.1, -0.05) is 30.6 Å². The minimum Gasteiger partial charge on any atom is -0.377 e. The largest absolute Gasteiger partial charge is 0.377 e. The predicted molar refractivity (Wildman–Crippen MR) is 150 cm³/mol. The van der Waals surface area contributed by atoms with Gasteiger partial charge >= 0.3 is 0 Å². The molecule has 4 aliphatic carbocycles. The molecule has 1 N–H and O–H groups in total. The highest BCUT2D eigenvalue weighted by molar-refractivity contribution is 7.11. The molecule has 6 heteroatoms. The quantitative estimate of drug-likeness (QED) is 0.493. The number of anilines is 1. The Hall–Kier alpha value is -3.01. The Morgan fingerprint density at radius 2 is 1.97 bits per heavy atom. The van der Waals surface area contributed by atoms with Crippen LogP contribution in [-0.4, -0.2) is 34.4 Å². The van der Waals surface area contributed by atoms with Crippen molar-refractivity contribution in [3.05, 3.63) is 69.2 Å². The highest BCUT2D eigenvalue weighted by atomic mass is 32.1. The van der Waals surface area contributed by atoms with E-state index in [9.17, 15) is 14.7 Å². The van der Waals surface area contributed by atoms with E-state index in [-0.39, 0.29) is 23.0 Å². The number of ketones is 1. The van der Waals surface area contributed by atoms with Crippen LogP contribution in [0.15, 0.2) is 58.6 Å². The Bertz CT molecular complexity index is 1410. The highest BCUT2D eigenvalue weighted by Crippen LogP contribution is 2.66. The number of carbonyl (C=O) groups excluding carboxylic acids is 2. The number of hydrogen-bond donors (Lipinski definition) is 1. The molecule has 38 heavy (non-hydrogen) atoms. The first-order chi connectivity index (χ1) is 18.3. The second-order valence-corrected chi connectivity index (χ2v) is 12.5. The molecule has 196 valence electrons. The first kappa shape index (κ1) is 25.3. The fourth-order valence-corrected chi connectivity index (χ4v) is 8.51. The van der Waals surface area contributed by atoms with E-state index < -0.39 is 5.60 Å². The lowest BCUT2D eigenvalue weighted by Gasteiger charge is -2.53. The standard InChI is InChI=1S/C32H34N2O3S/c1-4-14-32(37)15-13-27-25-11-7-21-18-23(35)10-12-24(21)28(25)26(19-31(27,32)2)20-5-8-22(9-6-20)34(3)30(36)29-33-16-17-38-29/h5-6,8-9,16-18,25-27,37H,7,10-13,15,19H2,1-3H3/t25-,26+,27-,31-,32-/m0/s1. The molecule has 0 bridgehead atoms. The third kappa shape index (κ3) is 3.82. The minimum atomic E-state index is -0.986. The molecular formula is C32H34N2O3S. The normalized spacial score (nSPS) is 31.9. The van der Waals surface area contributed by atoms with Crippen molar-refractivity contribution in [2.24, 2.45) is 17.3 Å². The molecule has 0 saturated heterocycles. The average Bonchev–Trinajstić information content (AvgIpc) is 3.54. The van der Waals surface area contributed by atoms with Gasteiger partial charge in [0.05, 0.1) is 0 Å². The van der Waals surface area contributed by atoms with E-state index in [1.165, 1.54) is 33.6 Å². The smallest absolute Gasteiger partial charge is 0.286 e. The summed E-state index contributed by atoms with van der Waals surface area (Å²) >= 11 is 1.34. The molecular weight excluding hydrogens is 492 g/mol. The van der Waals surface area contributed by atoms with Crippen molar-refractivity contribution in [3.63, 3.8) is 0 Å². The fraction of sp³-hybridized carbons (Fsp3) is 0.469. The molecule has 0 spiro atoms. The van der Waals surface area contributed by atoms with Gasteiger partial charge in [0.2, 0.25) is 0 Å². The van der Waals surface area contributed by atoms with Crippen molar-refractivity contribution in [1.29, 1.82) is 0 Å². The summed E-state index contributed by atoms with van der Waals surface area (Å²) in [5.74, 6) is 7.29. The maximum atomic E-state index is 12.9. The SMILES string of the molecule is CC#C[C@]1(O)CC[C@H]2[C@@H]3CCC4=CC(=O)CCC4=C3[C@@H](c3ccc(N(C)C(=O)c4nccs4)cc3)C[C@@]21C. The van der Waals surface area contributed by atoms with Gasteiger partial charge in [-0.3, -0.25) is 9.59 Å². The minimum absolute atomic E-state index is 0.117. The third-order valence-corrected chi connectivity index (χ3v) is 10.6. The zero-order chi connectivity index (χ0) is 26.7. The van der Waals surface area contributed by atoms with E-state index >= 15 is 0 Å². The molecule has 2 fully saturated rings. The molecule has 0 unspecified atom stereocenters. The number of nitrogens with zero attached hydrogens (tertiary/aromatic N) is 2. The van der Waals surface area contributed by atoms with Gasteiger partial charge < -0.3 is 10.0 Å². The van der Waals surface area contributed by atoms with Gasteiger partial charge in [-0.25, -0.2) is 4.98 Å². The maximum absolute atomic E-state index is 12.9. The second-order valence-electron chi connectivity index (χ2n) is 11.6. The van der Waals surface area contributed by atoms with Crippen LogP contribution in [0, 0.1) is 29.1 Å². The summed E-state index contributed by atoms with van der Waals surface area (Å²) in [6, 6.07) is 8.33. The van der Waals surface area contributed by atoms with Gasteiger partial charge in [-0.05, 0) is 92.2 Å². The highest BCUT2D eigenvalue weighted by Gasteiger charge is 2.62. The first-order valence-electron chi connectivity index (χ1n) is 13.7. The second kappa shape index (κ2) is 9.32. The lowest BCUT2D eigenvalue weighted by atomic mass is 9.51. The Balaban J connectivity index is 1.42. The fourth-order valence-electron chi connectivity index (χ4n) is 7.90. The van der Waals surface area contributed by atoms with Crippen molar-refractivity contribution in [1.82, 2.24) is 4.98 Å². The van der Waals surface area contributed by atoms with Crippen LogP contribution in [0.3, 0.4) is 0 Å². The summed E-state index contributed by atoms with van der Waals surface area (Å²) in [6.07, 6.45) is 9.42.